The van der Waals surface area contributed by atoms with Crippen molar-refractivity contribution < 1.29 is 9.53 Å². The van der Waals surface area contributed by atoms with E-state index in [4.69, 9.17) is 16.3 Å². The lowest BCUT2D eigenvalue weighted by Crippen LogP contribution is -2.39. The van der Waals surface area contributed by atoms with Gasteiger partial charge in [-0.25, -0.2) is 9.97 Å². The van der Waals surface area contributed by atoms with Gasteiger partial charge in [-0.05, 0) is 38.0 Å². The van der Waals surface area contributed by atoms with Gasteiger partial charge in [0.05, 0.1) is 17.4 Å². The van der Waals surface area contributed by atoms with E-state index in [1.165, 1.54) is 25.7 Å². The van der Waals surface area contributed by atoms with Gasteiger partial charge in [0.1, 0.15) is 6.10 Å². The maximum absolute atomic E-state index is 12.1. The van der Waals surface area contributed by atoms with Gasteiger partial charge in [0, 0.05) is 12.5 Å². The van der Waals surface area contributed by atoms with Crippen molar-refractivity contribution in [2.45, 2.75) is 76.4 Å². The third-order valence-corrected chi connectivity index (χ3v) is 5.36. The lowest BCUT2D eigenvalue weighted by atomic mass is 9.92. The van der Waals surface area contributed by atoms with Crippen molar-refractivity contribution in [3.63, 3.8) is 0 Å². The molecule has 2 saturated carbocycles. The molecule has 2 aliphatic carbocycles. The van der Waals surface area contributed by atoms with Gasteiger partial charge in [0.2, 0.25) is 5.91 Å². The molecule has 0 aliphatic heterocycles. The summed E-state index contributed by atoms with van der Waals surface area (Å²) >= 11 is 5.77. The van der Waals surface area contributed by atoms with Gasteiger partial charge >= 0.3 is 6.01 Å². The highest BCUT2D eigenvalue weighted by Crippen LogP contribution is 2.28. The van der Waals surface area contributed by atoms with Crippen molar-refractivity contribution >= 4 is 17.5 Å². The summed E-state index contributed by atoms with van der Waals surface area (Å²) in [6.07, 6.45) is 14.0. The maximum Gasteiger partial charge on any atom is 0.316 e. The predicted molar refractivity (Wildman–Crippen MR) is 93.0 cm³/mol. The average Bonchev–Trinajstić information content (AvgIpc) is 3.10. The number of carbonyl (C=O) groups is 1. The Kier molecular flexibility index (Phi) is 6.30. The normalized spacial score (nSPS) is 24.7. The summed E-state index contributed by atoms with van der Waals surface area (Å²) in [6, 6.07) is 0.663. The zero-order valence-electron chi connectivity index (χ0n) is 14.0. The lowest BCUT2D eigenvalue weighted by molar-refractivity contribution is -0.122. The molecule has 5 nitrogen and oxygen atoms in total. The van der Waals surface area contributed by atoms with Gasteiger partial charge in [-0.1, -0.05) is 37.3 Å². The molecule has 6 heteroatoms. The molecule has 0 atom stereocenters. The van der Waals surface area contributed by atoms with Crippen LogP contribution in [0.25, 0.3) is 0 Å². The molecule has 1 aromatic heterocycles. The molecule has 132 valence electrons. The van der Waals surface area contributed by atoms with E-state index >= 15 is 0 Å². The van der Waals surface area contributed by atoms with Crippen molar-refractivity contribution in [1.82, 2.24) is 15.3 Å². The van der Waals surface area contributed by atoms with Crippen LogP contribution in [0.5, 0.6) is 6.01 Å². The SMILES string of the molecule is O=C(CCC1CCCC1)NC1CCC(Oc2ncc(Cl)cn2)CC1. The third-order valence-electron chi connectivity index (χ3n) is 5.16. The summed E-state index contributed by atoms with van der Waals surface area (Å²) in [4.78, 5) is 20.2. The number of halogens is 1. The number of hydrogen-bond acceptors (Lipinski definition) is 4. The number of rotatable bonds is 6. The molecule has 0 spiro atoms. The molecule has 0 radical (unpaired) electrons. The first-order valence-corrected chi connectivity index (χ1v) is 9.50. The second-order valence-corrected chi connectivity index (χ2v) is 7.47. The molecule has 1 N–H and O–H groups in total. The van der Waals surface area contributed by atoms with Crippen LogP contribution in [-0.2, 0) is 4.79 Å². The number of amides is 1. The van der Waals surface area contributed by atoms with E-state index in [9.17, 15) is 4.79 Å². The molecule has 1 heterocycles. The minimum Gasteiger partial charge on any atom is -0.460 e. The summed E-state index contributed by atoms with van der Waals surface area (Å²) in [5.74, 6) is 0.992. The first-order chi connectivity index (χ1) is 11.7. The number of carbonyl (C=O) groups excluding carboxylic acids is 1. The van der Waals surface area contributed by atoms with E-state index in [-0.39, 0.29) is 18.1 Å². The van der Waals surface area contributed by atoms with Crippen LogP contribution in [0, 0.1) is 5.92 Å². The number of ether oxygens (including phenoxy) is 1. The van der Waals surface area contributed by atoms with Crippen molar-refractivity contribution in [2.75, 3.05) is 0 Å². The number of nitrogens with one attached hydrogen (secondary N) is 1. The number of aromatic nitrogens is 2. The van der Waals surface area contributed by atoms with Crippen LogP contribution in [0.2, 0.25) is 5.02 Å². The first kappa shape index (κ1) is 17.5. The molecule has 3 rings (SSSR count). The van der Waals surface area contributed by atoms with Crippen LogP contribution in [0.15, 0.2) is 12.4 Å². The molecule has 0 unspecified atom stereocenters. The largest absolute Gasteiger partial charge is 0.460 e. The molecule has 2 aliphatic rings. The summed E-state index contributed by atoms with van der Waals surface area (Å²) in [6.45, 7) is 0. The smallest absolute Gasteiger partial charge is 0.316 e. The Labute approximate surface area is 148 Å². The van der Waals surface area contributed by atoms with Gasteiger partial charge < -0.3 is 10.1 Å². The third kappa shape index (κ3) is 5.33. The Balaban J connectivity index is 1.34. The van der Waals surface area contributed by atoms with Crippen LogP contribution >= 0.6 is 11.6 Å². The highest BCUT2D eigenvalue weighted by atomic mass is 35.5. The van der Waals surface area contributed by atoms with E-state index in [0.29, 0.717) is 17.5 Å². The van der Waals surface area contributed by atoms with Crippen molar-refractivity contribution in [3.8, 4) is 6.01 Å². The van der Waals surface area contributed by atoms with E-state index in [1.807, 2.05) is 0 Å². The van der Waals surface area contributed by atoms with Gasteiger partial charge in [-0.15, -0.1) is 0 Å². The minimum atomic E-state index is 0.123. The molecule has 2 fully saturated rings. The fraction of sp³-hybridized carbons (Fsp3) is 0.722. The molecular formula is C18H26ClN3O2. The zero-order chi connectivity index (χ0) is 16.8. The molecule has 1 amide bonds. The van der Waals surface area contributed by atoms with Crippen molar-refractivity contribution in [1.29, 1.82) is 0 Å². The fourth-order valence-electron chi connectivity index (χ4n) is 3.77. The monoisotopic (exact) mass is 351 g/mol. The minimum absolute atomic E-state index is 0.123. The van der Waals surface area contributed by atoms with Crippen LogP contribution in [0.4, 0.5) is 0 Å². The van der Waals surface area contributed by atoms with Crippen LogP contribution in [0.1, 0.15) is 64.2 Å². The summed E-state index contributed by atoms with van der Waals surface area (Å²) in [5, 5.41) is 3.70. The van der Waals surface area contributed by atoms with Gasteiger partial charge in [0.25, 0.3) is 0 Å². The van der Waals surface area contributed by atoms with Gasteiger partial charge in [-0.3, -0.25) is 4.79 Å². The molecular weight excluding hydrogens is 326 g/mol. The van der Waals surface area contributed by atoms with E-state index in [1.54, 1.807) is 12.4 Å². The summed E-state index contributed by atoms with van der Waals surface area (Å²) < 4.78 is 5.79. The molecule has 1 aromatic rings. The number of nitrogens with zero attached hydrogens (tertiary/aromatic N) is 2. The van der Waals surface area contributed by atoms with Gasteiger partial charge in [0.15, 0.2) is 0 Å². The number of hydrogen-bond donors (Lipinski definition) is 1. The molecule has 24 heavy (non-hydrogen) atoms. The standard InChI is InChI=1S/C18H26ClN3O2/c19-14-11-20-18(21-12-14)24-16-8-6-15(7-9-16)22-17(23)10-5-13-3-1-2-4-13/h11-13,15-16H,1-10H2,(H,22,23). The second kappa shape index (κ2) is 8.65. The lowest BCUT2D eigenvalue weighted by Gasteiger charge is -2.29. The van der Waals surface area contributed by atoms with Crippen molar-refractivity contribution in [3.05, 3.63) is 17.4 Å². The summed E-state index contributed by atoms with van der Waals surface area (Å²) in [7, 11) is 0. The quantitative estimate of drug-likeness (QED) is 0.844. The molecule has 0 aromatic carbocycles. The molecule has 0 bridgehead atoms. The first-order valence-electron chi connectivity index (χ1n) is 9.12. The van der Waals surface area contributed by atoms with E-state index in [0.717, 1.165) is 38.0 Å². The van der Waals surface area contributed by atoms with Crippen LogP contribution < -0.4 is 10.1 Å². The Morgan fingerprint density at radius 1 is 1.12 bits per heavy atom. The zero-order valence-corrected chi connectivity index (χ0v) is 14.8. The Hall–Kier alpha value is -1.36. The van der Waals surface area contributed by atoms with Crippen molar-refractivity contribution in [2.24, 2.45) is 5.92 Å². The predicted octanol–water partition coefficient (Wildman–Crippen LogP) is 3.91. The fourth-order valence-corrected chi connectivity index (χ4v) is 3.87. The topological polar surface area (TPSA) is 64.1 Å². The average molecular weight is 352 g/mol. The van der Waals surface area contributed by atoms with Crippen LogP contribution in [-0.4, -0.2) is 28.0 Å². The highest BCUT2D eigenvalue weighted by Gasteiger charge is 2.24. The van der Waals surface area contributed by atoms with E-state index < -0.39 is 0 Å². The molecule has 0 saturated heterocycles. The van der Waals surface area contributed by atoms with Gasteiger partial charge in [-0.2, -0.15) is 0 Å². The summed E-state index contributed by atoms with van der Waals surface area (Å²) in [5.41, 5.74) is 0. The van der Waals surface area contributed by atoms with E-state index in [2.05, 4.69) is 15.3 Å². The maximum atomic E-state index is 12.1. The second-order valence-electron chi connectivity index (χ2n) is 7.03. The Morgan fingerprint density at radius 3 is 2.46 bits per heavy atom. The Morgan fingerprint density at radius 2 is 1.79 bits per heavy atom. The highest BCUT2D eigenvalue weighted by molar-refractivity contribution is 6.30. The Bertz CT molecular complexity index is 524. The van der Waals surface area contributed by atoms with Crippen LogP contribution in [0.3, 0.4) is 0 Å².